The van der Waals surface area contributed by atoms with Crippen LogP contribution in [0.3, 0.4) is 0 Å². The lowest BCUT2D eigenvalue weighted by Gasteiger charge is -2.26. The molecule has 0 bridgehead atoms. The first-order chi connectivity index (χ1) is 18.3. The first kappa shape index (κ1) is 27.5. The van der Waals surface area contributed by atoms with Crippen molar-refractivity contribution in [2.45, 2.75) is 6.18 Å². The minimum Gasteiger partial charge on any atom is -0.448 e. The number of alkyl halides is 3. The lowest BCUT2D eigenvalue weighted by atomic mass is 10.1. The number of carbonyl (C=O) groups excluding carboxylic acids is 3. The normalized spacial score (nSPS) is 15.0. The van der Waals surface area contributed by atoms with Crippen molar-refractivity contribution in [1.29, 1.82) is 0 Å². The third-order valence-electron chi connectivity index (χ3n) is 5.22. The van der Waals surface area contributed by atoms with Crippen LogP contribution in [0.1, 0.15) is 11.1 Å². The molecule has 1 fully saturated rings. The van der Waals surface area contributed by atoms with Gasteiger partial charge in [-0.05, 0) is 54.6 Å². The van der Waals surface area contributed by atoms with Crippen molar-refractivity contribution in [2.24, 2.45) is 0 Å². The molecule has 0 atom stereocenters. The maximum Gasteiger partial charge on any atom is 0.416 e. The summed E-state index contributed by atoms with van der Waals surface area (Å²) in [5.74, 6) is -3.95. The number of nitro groups is 1. The van der Waals surface area contributed by atoms with Gasteiger partial charge in [-0.15, -0.1) is 0 Å². The number of nitro benzene ring substituents is 1. The van der Waals surface area contributed by atoms with Gasteiger partial charge in [0, 0.05) is 16.7 Å². The third kappa shape index (κ3) is 5.68. The van der Waals surface area contributed by atoms with Crippen LogP contribution in [0.15, 0.2) is 60.2 Å². The van der Waals surface area contributed by atoms with Crippen LogP contribution in [0.25, 0.3) is 6.08 Å². The maximum absolute atomic E-state index is 13.3. The van der Waals surface area contributed by atoms with E-state index in [4.69, 9.17) is 27.9 Å². The van der Waals surface area contributed by atoms with Gasteiger partial charge in [-0.2, -0.15) is 13.2 Å². The van der Waals surface area contributed by atoms with Gasteiger partial charge >= 0.3 is 17.9 Å². The Morgan fingerprint density at radius 2 is 1.67 bits per heavy atom. The van der Waals surface area contributed by atoms with Crippen LogP contribution in [0.2, 0.25) is 10.0 Å². The largest absolute Gasteiger partial charge is 0.448 e. The first-order valence-corrected chi connectivity index (χ1v) is 11.2. The van der Waals surface area contributed by atoms with Crippen LogP contribution in [0.4, 0.5) is 33.7 Å². The highest BCUT2D eigenvalue weighted by molar-refractivity contribution is 6.40. The molecule has 1 saturated heterocycles. The number of halogens is 6. The van der Waals surface area contributed by atoms with Gasteiger partial charge in [0.15, 0.2) is 5.75 Å². The molecule has 9 nitrogen and oxygen atoms in total. The fourth-order valence-corrected chi connectivity index (χ4v) is 4.01. The molecule has 1 N–H and O–H groups in total. The molecule has 0 spiro atoms. The summed E-state index contributed by atoms with van der Waals surface area (Å²) in [6.07, 6.45) is -3.96. The van der Waals surface area contributed by atoms with Gasteiger partial charge in [0.1, 0.15) is 11.4 Å². The molecule has 4 rings (SSSR count). The molecule has 0 unspecified atom stereocenters. The lowest BCUT2D eigenvalue weighted by Crippen LogP contribution is -2.54. The van der Waals surface area contributed by atoms with Gasteiger partial charge in [0.2, 0.25) is 5.75 Å². The van der Waals surface area contributed by atoms with E-state index < -0.39 is 63.1 Å². The van der Waals surface area contributed by atoms with Gasteiger partial charge in [-0.1, -0.05) is 23.2 Å². The van der Waals surface area contributed by atoms with E-state index in [2.05, 4.69) is 0 Å². The molecule has 1 heterocycles. The van der Waals surface area contributed by atoms with Crippen LogP contribution in [-0.4, -0.2) is 22.8 Å². The molecular weight excluding hydrogens is 573 g/mol. The quantitative estimate of drug-likeness (QED) is 0.120. The second-order valence-corrected chi connectivity index (χ2v) is 8.62. The Bertz CT molecular complexity index is 1580. The SMILES string of the molecule is O=C1NC(=O)N(c2ccc(F)cc2)C(=O)/C1=C/c1cc(Cl)cc(Cl)c1Oc1ccc(C(F)(F)F)cc1[N+](=O)[O-]. The number of imide groups is 2. The number of hydrogen-bond acceptors (Lipinski definition) is 6. The van der Waals surface area contributed by atoms with Gasteiger partial charge in [-0.3, -0.25) is 25.0 Å². The minimum absolute atomic E-state index is 0.0312. The summed E-state index contributed by atoms with van der Waals surface area (Å²) < 4.78 is 58.1. The highest BCUT2D eigenvalue weighted by atomic mass is 35.5. The van der Waals surface area contributed by atoms with E-state index in [9.17, 15) is 42.1 Å². The van der Waals surface area contributed by atoms with Crippen molar-refractivity contribution in [3.63, 3.8) is 0 Å². The molecule has 0 aromatic heterocycles. The number of ether oxygens (including phenoxy) is 1. The molecule has 39 heavy (non-hydrogen) atoms. The van der Waals surface area contributed by atoms with Crippen LogP contribution >= 0.6 is 23.2 Å². The fourth-order valence-electron chi connectivity index (χ4n) is 3.47. The van der Waals surface area contributed by atoms with Gasteiger partial charge in [-0.25, -0.2) is 14.1 Å². The average molecular weight is 584 g/mol. The van der Waals surface area contributed by atoms with Crippen molar-refractivity contribution < 1.29 is 41.6 Å². The number of amides is 4. The number of anilines is 1. The van der Waals surface area contributed by atoms with Crippen molar-refractivity contribution in [1.82, 2.24) is 5.32 Å². The molecule has 1 aliphatic rings. The van der Waals surface area contributed by atoms with E-state index in [0.717, 1.165) is 42.5 Å². The number of nitrogens with one attached hydrogen (secondary N) is 1. The van der Waals surface area contributed by atoms with Crippen LogP contribution in [0, 0.1) is 15.9 Å². The maximum atomic E-state index is 13.3. The molecule has 0 radical (unpaired) electrons. The number of nitrogens with zero attached hydrogens (tertiary/aromatic N) is 2. The molecule has 0 saturated carbocycles. The number of hydrogen-bond donors (Lipinski definition) is 1. The predicted molar refractivity (Wildman–Crippen MR) is 130 cm³/mol. The molecular formula is C24H11Cl2F4N3O6. The zero-order chi connectivity index (χ0) is 28.6. The van der Waals surface area contributed by atoms with E-state index in [1.807, 2.05) is 5.32 Å². The second-order valence-electron chi connectivity index (χ2n) is 7.78. The van der Waals surface area contributed by atoms with Crippen LogP contribution < -0.4 is 15.0 Å². The summed E-state index contributed by atoms with van der Waals surface area (Å²) in [4.78, 5) is 49.0. The van der Waals surface area contributed by atoms with Crippen molar-refractivity contribution in [2.75, 3.05) is 4.90 Å². The summed E-state index contributed by atoms with van der Waals surface area (Å²) in [7, 11) is 0. The molecule has 200 valence electrons. The zero-order valence-electron chi connectivity index (χ0n) is 18.9. The molecule has 15 heteroatoms. The Morgan fingerprint density at radius 3 is 2.28 bits per heavy atom. The van der Waals surface area contributed by atoms with E-state index in [-0.39, 0.29) is 27.4 Å². The Morgan fingerprint density at radius 1 is 1.00 bits per heavy atom. The Labute approximate surface area is 225 Å². The third-order valence-corrected chi connectivity index (χ3v) is 5.72. The van der Waals surface area contributed by atoms with Crippen molar-refractivity contribution in [3.05, 3.63) is 97.3 Å². The van der Waals surface area contributed by atoms with E-state index in [0.29, 0.717) is 17.0 Å². The van der Waals surface area contributed by atoms with Crippen LogP contribution in [-0.2, 0) is 15.8 Å². The molecule has 3 aromatic rings. The number of carbonyl (C=O) groups is 3. The average Bonchev–Trinajstić information content (AvgIpc) is 2.84. The van der Waals surface area contributed by atoms with Crippen molar-refractivity contribution in [3.8, 4) is 11.5 Å². The van der Waals surface area contributed by atoms with E-state index >= 15 is 0 Å². The van der Waals surface area contributed by atoms with Crippen molar-refractivity contribution >= 4 is 58.5 Å². The first-order valence-electron chi connectivity index (χ1n) is 10.5. The summed E-state index contributed by atoms with van der Waals surface area (Å²) in [5, 5.41) is 13.1. The Hall–Kier alpha value is -4.49. The molecule has 0 aliphatic carbocycles. The summed E-state index contributed by atoms with van der Waals surface area (Å²) in [6.45, 7) is 0. The number of benzene rings is 3. The van der Waals surface area contributed by atoms with Gasteiger partial charge < -0.3 is 4.74 Å². The predicted octanol–water partition coefficient (Wildman–Crippen LogP) is 6.52. The van der Waals surface area contributed by atoms with Crippen LogP contribution in [0.5, 0.6) is 11.5 Å². The minimum atomic E-state index is -4.88. The highest BCUT2D eigenvalue weighted by Crippen LogP contribution is 2.42. The van der Waals surface area contributed by atoms with E-state index in [1.54, 1.807) is 0 Å². The fraction of sp³-hybridized carbons (Fsp3) is 0.0417. The topological polar surface area (TPSA) is 119 Å². The Kier molecular flexibility index (Phi) is 7.31. The molecule has 3 aromatic carbocycles. The molecule has 4 amide bonds. The number of barbiturate groups is 1. The molecule has 1 aliphatic heterocycles. The summed E-state index contributed by atoms with van der Waals surface area (Å²) in [5.41, 5.74) is -3.24. The smallest absolute Gasteiger partial charge is 0.416 e. The highest BCUT2D eigenvalue weighted by Gasteiger charge is 2.37. The monoisotopic (exact) mass is 583 g/mol. The number of urea groups is 1. The summed E-state index contributed by atoms with van der Waals surface area (Å²) in [6, 6.07) is 6.91. The second kappa shape index (κ2) is 10.3. The van der Waals surface area contributed by atoms with Gasteiger partial charge in [0.05, 0.1) is 21.2 Å². The standard InChI is InChI=1S/C24H11Cl2F4N3O6/c25-13-7-11(8-16-21(34)31-23(36)32(22(16)35)15-4-2-14(27)3-5-15)20(17(26)10-13)39-19-6-1-12(24(28,29)30)9-18(19)33(37)38/h1-10H,(H,31,34,36)/b16-8+. The number of rotatable bonds is 5. The lowest BCUT2D eigenvalue weighted by molar-refractivity contribution is -0.385. The van der Waals surface area contributed by atoms with E-state index in [1.165, 1.54) is 0 Å². The summed E-state index contributed by atoms with van der Waals surface area (Å²) >= 11 is 12.2. The Balaban J connectivity index is 1.81. The van der Waals surface area contributed by atoms with Gasteiger partial charge in [0.25, 0.3) is 11.8 Å². The zero-order valence-corrected chi connectivity index (χ0v) is 20.4.